The summed E-state index contributed by atoms with van der Waals surface area (Å²) >= 11 is 5.96. The van der Waals surface area contributed by atoms with Gasteiger partial charge in [0, 0.05) is 23.8 Å². The summed E-state index contributed by atoms with van der Waals surface area (Å²) in [5.41, 5.74) is 1.83. The third-order valence-corrected chi connectivity index (χ3v) is 5.55. The average molecular weight is 372 g/mol. The summed E-state index contributed by atoms with van der Waals surface area (Å²) in [6.45, 7) is 0.660. The second kappa shape index (κ2) is 7.16. The maximum Gasteiger partial charge on any atom is 0.249 e. The van der Waals surface area contributed by atoms with Gasteiger partial charge in [-0.1, -0.05) is 36.6 Å². The van der Waals surface area contributed by atoms with Gasteiger partial charge in [0.2, 0.25) is 11.8 Å². The molecule has 2 aromatic rings. The fourth-order valence-corrected chi connectivity index (χ4v) is 4.08. The summed E-state index contributed by atoms with van der Waals surface area (Å²) in [6, 6.07) is 10.9. The van der Waals surface area contributed by atoms with Crippen LogP contribution in [-0.2, 0) is 22.7 Å². The molecule has 2 heterocycles. The number of hydrogen-bond acceptors (Lipinski definition) is 2. The predicted molar refractivity (Wildman–Crippen MR) is 99.6 cm³/mol. The normalized spacial score (nSPS) is 20.3. The SMILES string of the molecule is O=C(NC1CCCC1)[C@H]1c2cccn2CC(=O)N1Cc1ccc(Cl)cc1. The van der Waals surface area contributed by atoms with Crippen molar-refractivity contribution in [1.29, 1.82) is 0 Å². The van der Waals surface area contributed by atoms with Gasteiger partial charge in [0.1, 0.15) is 6.54 Å². The number of hydrogen-bond donors (Lipinski definition) is 1. The van der Waals surface area contributed by atoms with E-state index in [-0.39, 0.29) is 24.4 Å². The second-order valence-corrected chi connectivity index (χ2v) is 7.54. The summed E-state index contributed by atoms with van der Waals surface area (Å²) in [4.78, 5) is 27.5. The first-order valence-corrected chi connectivity index (χ1v) is 9.49. The number of amides is 2. The number of halogens is 1. The topological polar surface area (TPSA) is 54.3 Å². The standard InChI is InChI=1S/C20H22ClN3O2/c21-15-9-7-14(8-10-15)12-24-18(25)13-23-11-3-6-17(23)19(24)20(26)22-16-4-1-2-5-16/h3,6-11,16,19H,1-2,4-5,12-13H2,(H,22,26)/t19-/m1/s1. The van der Waals surface area contributed by atoms with Crippen LogP contribution >= 0.6 is 11.6 Å². The van der Waals surface area contributed by atoms with Crippen LogP contribution in [0.25, 0.3) is 0 Å². The van der Waals surface area contributed by atoms with Crippen LogP contribution in [0.15, 0.2) is 42.6 Å². The highest BCUT2D eigenvalue weighted by Gasteiger charge is 2.38. The average Bonchev–Trinajstić information content (AvgIpc) is 3.28. The zero-order chi connectivity index (χ0) is 18.1. The van der Waals surface area contributed by atoms with Crippen molar-refractivity contribution in [2.24, 2.45) is 0 Å². The van der Waals surface area contributed by atoms with Crippen molar-refractivity contribution in [3.8, 4) is 0 Å². The molecule has 4 rings (SSSR count). The van der Waals surface area contributed by atoms with Gasteiger partial charge in [0.15, 0.2) is 6.04 Å². The fourth-order valence-electron chi connectivity index (χ4n) is 3.95. The van der Waals surface area contributed by atoms with E-state index >= 15 is 0 Å². The zero-order valence-electron chi connectivity index (χ0n) is 14.5. The van der Waals surface area contributed by atoms with Crippen LogP contribution in [0.3, 0.4) is 0 Å². The first-order valence-electron chi connectivity index (χ1n) is 9.11. The first kappa shape index (κ1) is 17.2. The smallest absolute Gasteiger partial charge is 0.249 e. The highest BCUT2D eigenvalue weighted by molar-refractivity contribution is 6.30. The van der Waals surface area contributed by atoms with Crippen LogP contribution in [0, 0.1) is 0 Å². The number of carbonyl (C=O) groups excluding carboxylic acids is 2. The van der Waals surface area contributed by atoms with E-state index < -0.39 is 6.04 Å². The molecule has 0 bridgehead atoms. The summed E-state index contributed by atoms with van der Waals surface area (Å²) < 4.78 is 1.87. The molecule has 1 atom stereocenters. The molecule has 1 saturated carbocycles. The Balaban J connectivity index is 1.62. The van der Waals surface area contributed by atoms with Gasteiger partial charge in [-0.3, -0.25) is 9.59 Å². The van der Waals surface area contributed by atoms with Crippen LogP contribution in [-0.4, -0.2) is 27.3 Å². The molecule has 1 fully saturated rings. The molecule has 2 aliphatic rings. The Morgan fingerprint density at radius 3 is 2.62 bits per heavy atom. The van der Waals surface area contributed by atoms with Crippen molar-refractivity contribution in [3.63, 3.8) is 0 Å². The number of nitrogens with zero attached hydrogens (tertiary/aromatic N) is 2. The van der Waals surface area contributed by atoms with Gasteiger partial charge in [-0.05, 0) is 42.7 Å². The van der Waals surface area contributed by atoms with Gasteiger partial charge >= 0.3 is 0 Å². The Hall–Kier alpha value is -2.27. The molecule has 1 aromatic heterocycles. The molecule has 1 aromatic carbocycles. The molecule has 26 heavy (non-hydrogen) atoms. The lowest BCUT2D eigenvalue weighted by Gasteiger charge is -2.36. The number of aromatic nitrogens is 1. The summed E-state index contributed by atoms with van der Waals surface area (Å²) in [6.07, 6.45) is 6.21. The van der Waals surface area contributed by atoms with E-state index in [9.17, 15) is 9.59 Å². The largest absolute Gasteiger partial charge is 0.351 e. The predicted octanol–water partition coefficient (Wildman–Crippen LogP) is 3.28. The van der Waals surface area contributed by atoms with E-state index in [0.29, 0.717) is 11.6 Å². The Morgan fingerprint density at radius 2 is 1.88 bits per heavy atom. The van der Waals surface area contributed by atoms with Crippen molar-refractivity contribution < 1.29 is 9.59 Å². The van der Waals surface area contributed by atoms with Crippen molar-refractivity contribution in [1.82, 2.24) is 14.8 Å². The van der Waals surface area contributed by atoms with E-state index in [2.05, 4.69) is 5.32 Å². The molecular formula is C20H22ClN3O2. The molecule has 1 aliphatic carbocycles. The summed E-state index contributed by atoms with van der Waals surface area (Å²) in [7, 11) is 0. The van der Waals surface area contributed by atoms with Crippen molar-refractivity contribution in [2.75, 3.05) is 0 Å². The van der Waals surface area contributed by atoms with Crippen molar-refractivity contribution in [2.45, 2.75) is 50.9 Å². The maximum atomic E-state index is 13.1. The highest BCUT2D eigenvalue weighted by atomic mass is 35.5. The summed E-state index contributed by atoms with van der Waals surface area (Å²) in [5.74, 6) is -0.130. The van der Waals surface area contributed by atoms with Gasteiger partial charge < -0.3 is 14.8 Å². The van der Waals surface area contributed by atoms with Gasteiger partial charge in [-0.25, -0.2) is 0 Å². The van der Waals surface area contributed by atoms with Crippen LogP contribution < -0.4 is 5.32 Å². The van der Waals surface area contributed by atoms with E-state index in [1.165, 1.54) is 0 Å². The number of nitrogens with one attached hydrogen (secondary N) is 1. The number of fused-ring (bicyclic) bond motifs is 1. The van der Waals surface area contributed by atoms with Gasteiger partial charge in [0.25, 0.3) is 0 Å². The Kier molecular flexibility index (Phi) is 4.72. The number of rotatable bonds is 4. The third kappa shape index (κ3) is 3.36. The first-order chi connectivity index (χ1) is 12.6. The Labute approximate surface area is 157 Å². The third-order valence-electron chi connectivity index (χ3n) is 5.30. The molecule has 136 valence electrons. The second-order valence-electron chi connectivity index (χ2n) is 7.10. The molecular weight excluding hydrogens is 350 g/mol. The minimum Gasteiger partial charge on any atom is -0.351 e. The maximum absolute atomic E-state index is 13.1. The Bertz CT molecular complexity index is 809. The lowest BCUT2D eigenvalue weighted by atomic mass is 10.1. The molecule has 0 spiro atoms. The highest BCUT2D eigenvalue weighted by Crippen LogP contribution is 2.30. The molecule has 5 nitrogen and oxygen atoms in total. The van der Waals surface area contributed by atoms with Crippen LogP contribution in [0.4, 0.5) is 0 Å². The molecule has 0 saturated heterocycles. The minimum atomic E-state index is -0.595. The van der Waals surface area contributed by atoms with Crippen LogP contribution in [0.5, 0.6) is 0 Å². The lowest BCUT2D eigenvalue weighted by molar-refractivity contribution is -0.144. The molecule has 0 radical (unpaired) electrons. The van der Waals surface area contributed by atoms with E-state index in [1.54, 1.807) is 4.90 Å². The fraction of sp³-hybridized carbons (Fsp3) is 0.400. The molecule has 2 amide bonds. The van der Waals surface area contributed by atoms with Crippen LogP contribution in [0.2, 0.25) is 5.02 Å². The quantitative estimate of drug-likeness (QED) is 0.896. The monoisotopic (exact) mass is 371 g/mol. The van der Waals surface area contributed by atoms with Gasteiger partial charge in [0.05, 0.1) is 5.69 Å². The number of carbonyl (C=O) groups is 2. The number of benzene rings is 1. The zero-order valence-corrected chi connectivity index (χ0v) is 15.3. The van der Waals surface area contributed by atoms with Crippen LogP contribution in [0.1, 0.15) is 43.0 Å². The lowest BCUT2D eigenvalue weighted by Crippen LogP contribution is -2.50. The summed E-state index contributed by atoms with van der Waals surface area (Å²) in [5, 5.41) is 3.81. The molecule has 1 aliphatic heterocycles. The molecule has 0 unspecified atom stereocenters. The molecule has 6 heteroatoms. The van der Waals surface area contributed by atoms with Crippen molar-refractivity contribution >= 4 is 23.4 Å². The van der Waals surface area contributed by atoms with Crippen molar-refractivity contribution in [3.05, 3.63) is 58.9 Å². The Morgan fingerprint density at radius 1 is 1.15 bits per heavy atom. The van der Waals surface area contributed by atoms with E-state index in [0.717, 1.165) is 36.9 Å². The van der Waals surface area contributed by atoms with Gasteiger partial charge in [-0.2, -0.15) is 0 Å². The van der Waals surface area contributed by atoms with Gasteiger partial charge in [-0.15, -0.1) is 0 Å². The minimum absolute atomic E-state index is 0.0461. The van der Waals surface area contributed by atoms with E-state index in [1.807, 2.05) is 47.2 Å². The van der Waals surface area contributed by atoms with E-state index in [4.69, 9.17) is 11.6 Å². The molecule has 1 N–H and O–H groups in total.